The van der Waals surface area contributed by atoms with E-state index in [0.717, 1.165) is 18.9 Å². The van der Waals surface area contributed by atoms with Gasteiger partial charge in [0.25, 0.3) is 5.91 Å². The summed E-state index contributed by atoms with van der Waals surface area (Å²) in [7, 11) is 0. The van der Waals surface area contributed by atoms with E-state index in [1.165, 1.54) is 13.0 Å². The zero-order valence-electron chi connectivity index (χ0n) is 11.8. The molecule has 1 aromatic carbocycles. The number of hydrogen-bond acceptors (Lipinski definition) is 2. The molecule has 20 heavy (non-hydrogen) atoms. The molecule has 2 rings (SSSR count). The van der Waals surface area contributed by atoms with Crippen LogP contribution in [0.2, 0.25) is 0 Å². The number of nitrogens with zero attached hydrogens (tertiary/aromatic N) is 1. The molecule has 2 atom stereocenters. The van der Waals surface area contributed by atoms with E-state index < -0.39 is 11.6 Å². The van der Waals surface area contributed by atoms with E-state index in [1.807, 2.05) is 6.92 Å². The molecular weight excluding hydrogens is 262 g/mol. The van der Waals surface area contributed by atoms with Gasteiger partial charge in [-0.25, -0.2) is 8.78 Å². The van der Waals surface area contributed by atoms with Gasteiger partial charge >= 0.3 is 0 Å². The van der Waals surface area contributed by atoms with Crippen LogP contribution in [0.4, 0.5) is 8.78 Å². The van der Waals surface area contributed by atoms with Crippen molar-refractivity contribution < 1.29 is 13.6 Å². The van der Waals surface area contributed by atoms with E-state index in [0.29, 0.717) is 13.1 Å². The highest BCUT2D eigenvalue weighted by Crippen LogP contribution is 2.24. The van der Waals surface area contributed by atoms with Crippen LogP contribution >= 0.6 is 0 Å². The van der Waals surface area contributed by atoms with Crippen molar-refractivity contribution in [1.82, 2.24) is 4.90 Å². The maximum Gasteiger partial charge on any atom is 0.257 e. The van der Waals surface area contributed by atoms with E-state index in [1.54, 1.807) is 4.90 Å². The zero-order valence-corrected chi connectivity index (χ0v) is 11.8. The average Bonchev–Trinajstić information content (AvgIpc) is 2.42. The second-order valence-electron chi connectivity index (χ2n) is 5.57. The first-order valence-corrected chi connectivity index (χ1v) is 6.90. The number of benzene rings is 1. The number of halogens is 2. The second-order valence-corrected chi connectivity index (χ2v) is 5.57. The normalized spacial score (nSPS) is 22.9. The molecule has 1 fully saturated rings. The zero-order chi connectivity index (χ0) is 14.9. The summed E-state index contributed by atoms with van der Waals surface area (Å²) in [5.74, 6) is -1.57. The number of carbonyl (C=O) groups is 1. The number of amides is 1. The van der Waals surface area contributed by atoms with Gasteiger partial charge in [-0.3, -0.25) is 4.79 Å². The van der Waals surface area contributed by atoms with Crippen LogP contribution in [0.5, 0.6) is 0 Å². The summed E-state index contributed by atoms with van der Waals surface area (Å²) in [4.78, 5) is 14.1. The van der Waals surface area contributed by atoms with E-state index in [4.69, 9.17) is 5.73 Å². The monoisotopic (exact) mass is 282 g/mol. The lowest BCUT2D eigenvalue weighted by Crippen LogP contribution is -2.47. The van der Waals surface area contributed by atoms with Gasteiger partial charge in [-0.2, -0.15) is 0 Å². The highest BCUT2D eigenvalue weighted by molar-refractivity contribution is 5.95. The maximum atomic E-state index is 13.8. The van der Waals surface area contributed by atoms with Crippen molar-refractivity contribution in [2.75, 3.05) is 13.1 Å². The van der Waals surface area contributed by atoms with Crippen molar-refractivity contribution in [3.8, 4) is 0 Å². The molecule has 1 amide bonds. The van der Waals surface area contributed by atoms with Crippen LogP contribution in [0.1, 0.15) is 35.7 Å². The molecule has 0 bridgehead atoms. The summed E-state index contributed by atoms with van der Waals surface area (Å²) in [6, 6.07) is 2.11. The Hall–Kier alpha value is -1.49. The Bertz CT molecular complexity index is 519. The molecule has 0 spiro atoms. The van der Waals surface area contributed by atoms with Crippen molar-refractivity contribution in [3.63, 3.8) is 0 Å². The fraction of sp³-hybridized carbons (Fsp3) is 0.533. The third-order valence-electron chi connectivity index (χ3n) is 4.05. The summed E-state index contributed by atoms with van der Waals surface area (Å²) in [6.45, 7) is 4.51. The molecule has 0 aliphatic carbocycles. The molecular formula is C15H20F2N2O. The van der Waals surface area contributed by atoms with E-state index in [-0.39, 0.29) is 29.0 Å². The third-order valence-corrected chi connectivity index (χ3v) is 4.05. The Labute approximate surface area is 117 Å². The third kappa shape index (κ3) is 2.82. The molecule has 0 aromatic heterocycles. The maximum absolute atomic E-state index is 13.8. The fourth-order valence-electron chi connectivity index (χ4n) is 2.63. The van der Waals surface area contributed by atoms with Crippen LogP contribution in [-0.4, -0.2) is 29.9 Å². The summed E-state index contributed by atoms with van der Waals surface area (Å²) >= 11 is 0. The molecule has 2 unspecified atom stereocenters. The predicted molar refractivity (Wildman–Crippen MR) is 73.4 cm³/mol. The minimum absolute atomic E-state index is 0.0510. The molecule has 1 saturated heterocycles. The van der Waals surface area contributed by atoms with Gasteiger partial charge in [-0.1, -0.05) is 0 Å². The molecule has 1 aliphatic heterocycles. The average molecular weight is 282 g/mol. The summed E-state index contributed by atoms with van der Waals surface area (Å²) < 4.78 is 27.1. The Morgan fingerprint density at radius 2 is 2.05 bits per heavy atom. The summed E-state index contributed by atoms with van der Waals surface area (Å²) in [5.41, 5.74) is 5.87. The number of carbonyl (C=O) groups excluding carboxylic acids is 1. The van der Waals surface area contributed by atoms with Gasteiger partial charge in [-0.15, -0.1) is 0 Å². The van der Waals surface area contributed by atoms with Gasteiger partial charge in [0, 0.05) is 18.7 Å². The quantitative estimate of drug-likeness (QED) is 0.905. The minimum atomic E-state index is -0.805. The van der Waals surface area contributed by atoms with Gasteiger partial charge in [0.2, 0.25) is 0 Å². The number of hydrogen-bond donors (Lipinski definition) is 1. The molecule has 2 N–H and O–H groups in total. The second kappa shape index (κ2) is 5.87. The molecule has 110 valence electrons. The lowest BCUT2D eigenvalue weighted by Gasteiger charge is -2.37. The van der Waals surface area contributed by atoms with Gasteiger partial charge < -0.3 is 10.6 Å². The Kier molecular flexibility index (Phi) is 4.38. The Morgan fingerprint density at radius 1 is 1.35 bits per heavy atom. The van der Waals surface area contributed by atoms with E-state index >= 15 is 0 Å². The molecule has 5 heteroatoms. The number of nitrogens with two attached hydrogens (primary N) is 1. The summed E-state index contributed by atoms with van der Waals surface area (Å²) in [6.07, 6.45) is 1.84. The molecule has 1 heterocycles. The molecule has 3 nitrogen and oxygen atoms in total. The predicted octanol–water partition coefficient (Wildman–Crippen LogP) is 2.47. The van der Waals surface area contributed by atoms with Crippen LogP contribution in [0.3, 0.4) is 0 Å². The van der Waals surface area contributed by atoms with Crippen molar-refractivity contribution in [2.24, 2.45) is 11.7 Å². The molecule has 1 aromatic rings. The first kappa shape index (κ1) is 14.9. The van der Waals surface area contributed by atoms with Gasteiger partial charge in [-0.05, 0) is 50.8 Å². The molecule has 0 radical (unpaired) electrons. The SMILES string of the molecule is Cc1cc(C(=O)N2CC(CN)CCC2C)c(F)cc1F. The van der Waals surface area contributed by atoms with Crippen molar-refractivity contribution >= 4 is 5.91 Å². The molecule has 1 aliphatic rings. The van der Waals surface area contributed by atoms with Crippen molar-refractivity contribution in [2.45, 2.75) is 32.7 Å². The van der Waals surface area contributed by atoms with Crippen LogP contribution in [-0.2, 0) is 0 Å². The number of piperidine rings is 1. The van der Waals surface area contributed by atoms with Gasteiger partial charge in [0.1, 0.15) is 11.6 Å². The van der Waals surface area contributed by atoms with Crippen LogP contribution in [0.15, 0.2) is 12.1 Å². The van der Waals surface area contributed by atoms with Gasteiger partial charge in [0.15, 0.2) is 0 Å². The fourth-order valence-corrected chi connectivity index (χ4v) is 2.63. The van der Waals surface area contributed by atoms with Crippen LogP contribution < -0.4 is 5.73 Å². The smallest absolute Gasteiger partial charge is 0.257 e. The van der Waals surface area contributed by atoms with Crippen molar-refractivity contribution in [3.05, 3.63) is 34.9 Å². The topological polar surface area (TPSA) is 46.3 Å². The van der Waals surface area contributed by atoms with Crippen molar-refractivity contribution in [1.29, 1.82) is 0 Å². The van der Waals surface area contributed by atoms with Crippen LogP contribution in [0, 0.1) is 24.5 Å². The summed E-state index contributed by atoms with van der Waals surface area (Å²) in [5, 5.41) is 0. The standard InChI is InChI=1S/C15H20F2N2O/c1-9-5-12(14(17)6-13(9)16)15(20)19-8-11(7-18)4-3-10(19)2/h5-6,10-11H,3-4,7-8,18H2,1-2H3. The highest BCUT2D eigenvalue weighted by Gasteiger charge is 2.30. The van der Waals surface area contributed by atoms with Crippen LogP contribution in [0.25, 0.3) is 0 Å². The van der Waals surface area contributed by atoms with E-state index in [9.17, 15) is 13.6 Å². The largest absolute Gasteiger partial charge is 0.336 e. The minimum Gasteiger partial charge on any atom is -0.336 e. The van der Waals surface area contributed by atoms with Gasteiger partial charge in [0.05, 0.1) is 5.56 Å². The number of aryl methyl sites for hydroxylation is 1. The first-order valence-electron chi connectivity index (χ1n) is 6.90. The first-order chi connectivity index (χ1) is 9.43. The Morgan fingerprint density at radius 3 is 2.70 bits per heavy atom. The molecule has 0 saturated carbocycles. The highest BCUT2D eigenvalue weighted by atomic mass is 19.1. The lowest BCUT2D eigenvalue weighted by molar-refractivity contribution is 0.0562. The lowest BCUT2D eigenvalue weighted by atomic mass is 9.92. The van der Waals surface area contributed by atoms with E-state index in [2.05, 4.69) is 0 Å². The Balaban J connectivity index is 2.28. The number of likely N-dealkylation sites (tertiary alicyclic amines) is 1. The number of rotatable bonds is 2.